The zero-order chi connectivity index (χ0) is 15.8. The van der Waals surface area contributed by atoms with E-state index in [0.29, 0.717) is 23.7 Å². The molecule has 1 atom stereocenters. The van der Waals surface area contributed by atoms with Crippen LogP contribution in [-0.2, 0) is 17.8 Å². The van der Waals surface area contributed by atoms with Gasteiger partial charge in [0.1, 0.15) is 5.75 Å². The molecule has 0 unspecified atom stereocenters. The van der Waals surface area contributed by atoms with Crippen molar-refractivity contribution in [3.63, 3.8) is 0 Å². The van der Waals surface area contributed by atoms with Gasteiger partial charge in [0.05, 0.1) is 0 Å². The molecule has 0 saturated heterocycles. The van der Waals surface area contributed by atoms with Gasteiger partial charge in [0.15, 0.2) is 17.6 Å². The van der Waals surface area contributed by atoms with Gasteiger partial charge in [-0.05, 0) is 41.5 Å². The van der Waals surface area contributed by atoms with E-state index in [2.05, 4.69) is 5.32 Å². The predicted molar refractivity (Wildman–Crippen MR) is 84.0 cm³/mol. The summed E-state index contributed by atoms with van der Waals surface area (Å²) in [5.74, 6) is 2.01. The molecule has 0 spiro atoms. The lowest BCUT2D eigenvalue weighted by atomic mass is 10.1. The van der Waals surface area contributed by atoms with E-state index in [1.165, 1.54) is 0 Å². The number of rotatable bonds is 3. The maximum Gasteiger partial charge on any atom is 0.261 e. The van der Waals surface area contributed by atoms with Gasteiger partial charge in [-0.3, -0.25) is 4.79 Å². The molecule has 2 heterocycles. The molecular weight excluding hydrogens is 318 g/mol. The van der Waals surface area contributed by atoms with Gasteiger partial charge in [-0.15, -0.1) is 0 Å². The highest BCUT2D eigenvalue weighted by atomic mass is 35.5. The van der Waals surface area contributed by atoms with Gasteiger partial charge in [-0.1, -0.05) is 17.7 Å². The van der Waals surface area contributed by atoms with Gasteiger partial charge in [0.25, 0.3) is 5.91 Å². The summed E-state index contributed by atoms with van der Waals surface area (Å²) in [6, 6.07) is 11.0. The Kier molecular flexibility index (Phi) is 3.50. The number of hydrogen-bond acceptors (Lipinski definition) is 4. The van der Waals surface area contributed by atoms with E-state index in [-0.39, 0.29) is 12.7 Å². The lowest BCUT2D eigenvalue weighted by molar-refractivity contribution is -0.127. The fourth-order valence-electron chi connectivity index (χ4n) is 2.72. The minimum atomic E-state index is -0.516. The molecule has 23 heavy (non-hydrogen) atoms. The summed E-state index contributed by atoms with van der Waals surface area (Å²) >= 11 is 5.96. The second-order valence-electron chi connectivity index (χ2n) is 5.47. The Labute approximate surface area is 138 Å². The summed E-state index contributed by atoms with van der Waals surface area (Å²) in [6.45, 7) is 0.647. The van der Waals surface area contributed by atoms with Gasteiger partial charge >= 0.3 is 0 Å². The highest BCUT2D eigenvalue weighted by molar-refractivity contribution is 6.30. The molecule has 2 aromatic rings. The number of amides is 1. The molecule has 2 aromatic carbocycles. The third-order valence-corrected chi connectivity index (χ3v) is 4.13. The van der Waals surface area contributed by atoms with Crippen molar-refractivity contribution in [1.82, 2.24) is 5.32 Å². The Morgan fingerprint density at radius 2 is 1.96 bits per heavy atom. The van der Waals surface area contributed by atoms with Crippen molar-refractivity contribution in [3.8, 4) is 17.2 Å². The Morgan fingerprint density at radius 3 is 2.87 bits per heavy atom. The molecule has 2 aliphatic rings. The number of hydrogen-bond donors (Lipinski definition) is 1. The topological polar surface area (TPSA) is 56.8 Å². The molecule has 0 radical (unpaired) electrons. The van der Waals surface area contributed by atoms with Crippen LogP contribution < -0.4 is 19.5 Å². The fourth-order valence-corrected chi connectivity index (χ4v) is 2.91. The van der Waals surface area contributed by atoms with Gasteiger partial charge in [0.2, 0.25) is 6.79 Å². The number of ether oxygens (including phenoxy) is 3. The smallest absolute Gasteiger partial charge is 0.261 e. The molecule has 0 fully saturated rings. The second-order valence-corrected chi connectivity index (χ2v) is 5.90. The number of carbonyl (C=O) groups excluding carboxylic acids is 1. The van der Waals surface area contributed by atoms with E-state index in [1.807, 2.05) is 24.3 Å². The maximum atomic E-state index is 12.3. The average Bonchev–Trinajstić information content (AvgIpc) is 3.17. The molecule has 2 aliphatic heterocycles. The van der Waals surface area contributed by atoms with Crippen LogP contribution in [0.1, 0.15) is 11.1 Å². The first-order valence-corrected chi connectivity index (χ1v) is 7.68. The SMILES string of the molecule is O=C(NCc1ccc2c(c1)OCO2)[C@H]1Cc2cc(Cl)ccc2O1. The first-order chi connectivity index (χ1) is 11.2. The Balaban J connectivity index is 1.38. The Bertz CT molecular complexity index is 777. The summed E-state index contributed by atoms with van der Waals surface area (Å²) in [6.07, 6.45) is 0.0144. The molecule has 6 heteroatoms. The minimum Gasteiger partial charge on any atom is -0.480 e. The molecule has 5 nitrogen and oxygen atoms in total. The van der Waals surface area contributed by atoms with Crippen molar-refractivity contribution in [1.29, 1.82) is 0 Å². The van der Waals surface area contributed by atoms with Crippen LogP contribution in [0.2, 0.25) is 5.02 Å². The van der Waals surface area contributed by atoms with Gasteiger partial charge < -0.3 is 19.5 Å². The van der Waals surface area contributed by atoms with Crippen LogP contribution in [0.3, 0.4) is 0 Å². The van der Waals surface area contributed by atoms with Crippen LogP contribution in [0.4, 0.5) is 0 Å². The number of carbonyl (C=O) groups is 1. The zero-order valence-electron chi connectivity index (χ0n) is 12.2. The van der Waals surface area contributed by atoms with Crippen molar-refractivity contribution in [2.75, 3.05) is 6.79 Å². The van der Waals surface area contributed by atoms with Crippen molar-refractivity contribution < 1.29 is 19.0 Å². The van der Waals surface area contributed by atoms with E-state index in [4.69, 9.17) is 25.8 Å². The average molecular weight is 332 g/mol. The molecule has 4 rings (SSSR count). The number of nitrogens with one attached hydrogen (secondary N) is 1. The van der Waals surface area contributed by atoms with E-state index in [1.54, 1.807) is 12.1 Å². The standard InChI is InChI=1S/C17H14ClNO4/c18-12-2-4-13-11(6-12)7-16(23-13)17(20)19-8-10-1-3-14-15(5-10)22-9-21-14/h1-6,16H,7-9H2,(H,19,20)/t16-/m1/s1. The summed E-state index contributed by atoms with van der Waals surface area (Å²) < 4.78 is 16.3. The molecule has 0 bridgehead atoms. The Hall–Kier alpha value is -2.40. The van der Waals surface area contributed by atoms with E-state index in [0.717, 1.165) is 22.6 Å². The first kappa shape index (κ1) is 14.2. The van der Waals surface area contributed by atoms with Crippen molar-refractivity contribution >= 4 is 17.5 Å². The lowest BCUT2D eigenvalue weighted by Gasteiger charge is -2.11. The predicted octanol–water partition coefficient (Wildman–Crippen LogP) is 2.69. The molecule has 1 N–H and O–H groups in total. The third-order valence-electron chi connectivity index (χ3n) is 3.89. The van der Waals surface area contributed by atoms with Crippen LogP contribution in [0.25, 0.3) is 0 Å². The number of benzene rings is 2. The van der Waals surface area contributed by atoms with Crippen LogP contribution in [-0.4, -0.2) is 18.8 Å². The molecule has 0 aliphatic carbocycles. The van der Waals surface area contributed by atoms with E-state index in [9.17, 15) is 4.79 Å². The summed E-state index contributed by atoms with van der Waals surface area (Å²) in [5, 5.41) is 3.54. The lowest BCUT2D eigenvalue weighted by Crippen LogP contribution is -2.36. The monoisotopic (exact) mass is 331 g/mol. The molecule has 0 aromatic heterocycles. The van der Waals surface area contributed by atoms with Crippen LogP contribution in [0.5, 0.6) is 17.2 Å². The summed E-state index contributed by atoms with van der Waals surface area (Å²) in [5.41, 5.74) is 1.90. The highest BCUT2D eigenvalue weighted by Crippen LogP contribution is 2.33. The van der Waals surface area contributed by atoms with Crippen molar-refractivity contribution in [3.05, 3.63) is 52.5 Å². The number of fused-ring (bicyclic) bond motifs is 2. The van der Waals surface area contributed by atoms with Crippen LogP contribution in [0, 0.1) is 0 Å². The second kappa shape index (κ2) is 5.66. The molecule has 1 amide bonds. The van der Waals surface area contributed by atoms with Crippen LogP contribution in [0.15, 0.2) is 36.4 Å². The van der Waals surface area contributed by atoms with E-state index >= 15 is 0 Å². The van der Waals surface area contributed by atoms with Crippen LogP contribution >= 0.6 is 11.6 Å². The van der Waals surface area contributed by atoms with Crippen molar-refractivity contribution in [2.24, 2.45) is 0 Å². The molecule has 118 valence electrons. The zero-order valence-corrected chi connectivity index (χ0v) is 12.9. The quantitative estimate of drug-likeness (QED) is 0.939. The van der Waals surface area contributed by atoms with Gasteiger partial charge in [-0.2, -0.15) is 0 Å². The van der Waals surface area contributed by atoms with E-state index < -0.39 is 6.10 Å². The molecular formula is C17H14ClNO4. The largest absolute Gasteiger partial charge is 0.480 e. The van der Waals surface area contributed by atoms with Crippen molar-refractivity contribution in [2.45, 2.75) is 19.1 Å². The highest BCUT2D eigenvalue weighted by Gasteiger charge is 2.29. The molecule has 0 saturated carbocycles. The summed E-state index contributed by atoms with van der Waals surface area (Å²) in [7, 11) is 0. The summed E-state index contributed by atoms with van der Waals surface area (Å²) in [4.78, 5) is 12.3. The fraction of sp³-hybridized carbons (Fsp3) is 0.235. The third kappa shape index (κ3) is 2.80. The maximum absolute atomic E-state index is 12.3. The van der Waals surface area contributed by atoms with Gasteiger partial charge in [-0.25, -0.2) is 0 Å². The number of halogens is 1. The normalized spacial score (nSPS) is 17.5. The van der Waals surface area contributed by atoms with Gasteiger partial charge in [0, 0.05) is 18.0 Å². The first-order valence-electron chi connectivity index (χ1n) is 7.30. The Morgan fingerprint density at radius 1 is 1.13 bits per heavy atom. The minimum absolute atomic E-state index is 0.144.